The summed E-state index contributed by atoms with van der Waals surface area (Å²) in [5, 5.41) is 18.4. The maximum atomic E-state index is 12.5. The second kappa shape index (κ2) is 13.8. The fraction of sp³-hybridized carbons (Fsp3) is 0.364. The summed E-state index contributed by atoms with van der Waals surface area (Å²) in [6, 6.07) is 9.38. The van der Waals surface area contributed by atoms with Gasteiger partial charge in [-0.15, -0.1) is 0 Å². The molecule has 1 amide bonds. The number of benzene rings is 2. The third kappa shape index (κ3) is 8.06. The third-order valence-electron chi connectivity index (χ3n) is 4.55. The first kappa shape index (κ1) is 26.6. The van der Waals surface area contributed by atoms with Crippen LogP contribution in [-0.2, 0) is 17.6 Å². The standard InChI is InChI=1S/C22H26Br3N3O4/c1-26-7-3-9-32-21-17(24)11-15(12-18(21)25)6-8-27-22(29)19(28-30)13-14-4-5-20(31-2)16(23)10-14/h4-5,10-12,26,30H,3,6-9,13H2,1-2H3,(H,27,29)/b28-19+. The molecule has 2 rings (SSSR count). The van der Waals surface area contributed by atoms with Gasteiger partial charge in [-0.3, -0.25) is 4.79 Å². The Kier molecular flexibility index (Phi) is 11.5. The Balaban J connectivity index is 1.90. The van der Waals surface area contributed by atoms with Gasteiger partial charge in [0.2, 0.25) is 0 Å². The molecule has 0 atom stereocenters. The van der Waals surface area contributed by atoms with Crippen molar-refractivity contribution < 1.29 is 19.5 Å². The highest BCUT2D eigenvalue weighted by Crippen LogP contribution is 2.35. The van der Waals surface area contributed by atoms with Gasteiger partial charge in [-0.05, 0) is 110 Å². The van der Waals surface area contributed by atoms with Crippen molar-refractivity contribution in [2.24, 2.45) is 5.16 Å². The average Bonchev–Trinajstić information content (AvgIpc) is 2.76. The zero-order valence-electron chi connectivity index (χ0n) is 17.9. The van der Waals surface area contributed by atoms with Crippen LogP contribution in [0.1, 0.15) is 17.5 Å². The number of hydrogen-bond acceptors (Lipinski definition) is 6. The highest BCUT2D eigenvalue weighted by molar-refractivity contribution is 9.11. The lowest BCUT2D eigenvalue weighted by atomic mass is 10.1. The third-order valence-corrected chi connectivity index (χ3v) is 6.34. The van der Waals surface area contributed by atoms with E-state index in [9.17, 15) is 10.0 Å². The number of carbonyl (C=O) groups is 1. The molecular formula is C22H26Br3N3O4. The monoisotopic (exact) mass is 633 g/mol. The Morgan fingerprint density at radius 3 is 2.34 bits per heavy atom. The minimum Gasteiger partial charge on any atom is -0.496 e. The molecule has 32 heavy (non-hydrogen) atoms. The lowest BCUT2D eigenvalue weighted by Crippen LogP contribution is -2.33. The molecule has 0 radical (unpaired) electrons. The Morgan fingerprint density at radius 1 is 1.06 bits per heavy atom. The van der Waals surface area contributed by atoms with Gasteiger partial charge in [-0.1, -0.05) is 11.2 Å². The fourth-order valence-electron chi connectivity index (χ4n) is 2.91. The quantitative estimate of drug-likeness (QED) is 0.136. The number of nitrogens with one attached hydrogen (secondary N) is 2. The summed E-state index contributed by atoms with van der Waals surface area (Å²) in [6.07, 6.45) is 1.71. The van der Waals surface area contributed by atoms with Crippen molar-refractivity contribution >= 4 is 59.4 Å². The molecule has 7 nitrogen and oxygen atoms in total. The van der Waals surface area contributed by atoms with Gasteiger partial charge in [0, 0.05) is 13.0 Å². The van der Waals surface area contributed by atoms with Gasteiger partial charge >= 0.3 is 0 Å². The Bertz CT molecular complexity index is 931. The Morgan fingerprint density at radius 2 is 1.75 bits per heavy atom. The minimum atomic E-state index is -0.415. The molecule has 0 aliphatic heterocycles. The molecule has 0 spiro atoms. The van der Waals surface area contributed by atoms with Crippen LogP contribution in [0.25, 0.3) is 0 Å². The number of nitrogens with zero attached hydrogens (tertiary/aromatic N) is 1. The van der Waals surface area contributed by atoms with Crippen molar-refractivity contribution in [3.63, 3.8) is 0 Å². The van der Waals surface area contributed by atoms with Gasteiger partial charge in [-0.25, -0.2) is 0 Å². The smallest absolute Gasteiger partial charge is 0.269 e. The fourth-order valence-corrected chi connectivity index (χ4v) is 5.01. The highest BCUT2D eigenvalue weighted by Gasteiger charge is 2.15. The van der Waals surface area contributed by atoms with Gasteiger partial charge in [-0.2, -0.15) is 0 Å². The van der Waals surface area contributed by atoms with Crippen LogP contribution >= 0.6 is 47.8 Å². The van der Waals surface area contributed by atoms with E-state index in [4.69, 9.17) is 9.47 Å². The zero-order valence-corrected chi connectivity index (χ0v) is 22.6. The van der Waals surface area contributed by atoms with Crippen LogP contribution in [0.15, 0.2) is 48.9 Å². The van der Waals surface area contributed by atoms with Gasteiger partial charge < -0.3 is 25.3 Å². The Hall–Kier alpha value is -1.62. The summed E-state index contributed by atoms with van der Waals surface area (Å²) in [5.74, 6) is 1.03. The first-order valence-corrected chi connectivity index (χ1v) is 12.3. The van der Waals surface area contributed by atoms with Crippen LogP contribution in [0.2, 0.25) is 0 Å². The van der Waals surface area contributed by atoms with Gasteiger partial charge in [0.15, 0.2) is 0 Å². The van der Waals surface area contributed by atoms with Crippen molar-refractivity contribution in [3.8, 4) is 11.5 Å². The maximum absolute atomic E-state index is 12.5. The van der Waals surface area contributed by atoms with Crippen LogP contribution in [0.3, 0.4) is 0 Å². The SMILES string of the molecule is CNCCCOc1c(Br)cc(CCNC(=O)/C(Cc2ccc(OC)c(Br)c2)=N/O)cc1Br. The zero-order chi connectivity index (χ0) is 23.5. The average molecular weight is 636 g/mol. The molecule has 0 aliphatic rings. The number of oxime groups is 1. The second-order valence-corrected chi connectivity index (χ2v) is 9.46. The number of methoxy groups -OCH3 is 1. The molecule has 0 bridgehead atoms. The van der Waals surface area contributed by atoms with Crippen LogP contribution in [-0.4, -0.2) is 50.7 Å². The predicted octanol–water partition coefficient (Wildman–Crippen LogP) is 4.70. The summed E-state index contributed by atoms with van der Waals surface area (Å²) in [4.78, 5) is 12.5. The number of hydrogen-bond donors (Lipinski definition) is 3. The van der Waals surface area contributed by atoms with Crippen molar-refractivity contribution in [1.82, 2.24) is 10.6 Å². The van der Waals surface area contributed by atoms with E-state index in [0.717, 1.165) is 43.3 Å². The molecule has 3 N–H and O–H groups in total. The molecule has 0 saturated carbocycles. The predicted molar refractivity (Wildman–Crippen MR) is 136 cm³/mol. The van der Waals surface area contributed by atoms with Gasteiger partial charge in [0.1, 0.15) is 17.2 Å². The lowest BCUT2D eigenvalue weighted by molar-refractivity contribution is -0.115. The number of ether oxygens (including phenoxy) is 2. The summed E-state index contributed by atoms with van der Waals surface area (Å²) < 4.78 is 13.5. The van der Waals surface area contributed by atoms with E-state index in [0.29, 0.717) is 25.3 Å². The molecule has 0 fully saturated rings. The molecule has 0 aliphatic carbocycles. The van der Waals surface area contributed by atoms with Crippen molar-refractivity contribution in [2.75, 3.05) is 33.9 Å². The topological polar surface area (TPSA) is 92.2 Å². The van der Waals surface area contributed by atoms with E-state index >= 15 is 0 Å². The van der Waals surface area contributed by atoms with Gasteiger partial charge in [0.05, 0.1) is 27.1 Å². The van der Waals surface area contributed by atoms with Crippen molar-refractivity contribution in [2.45, 2.75) is 19.3 Å². The molecule has 0 aromatic heterocycles. The Labute approximate surface area is 213 Å². The molecule has 2 aromatic rings. The molecule has 0 heterocycles. The normalized spacial score (nSPS) is 11.3. The number of rotatable bonds is 12. The van der Waals surface area contributed by atoms with E-state index in [2.05, 4.69) is 63.6 Å². The van der Waals surface area contributed by atoms with Crippen molar-refractivity contribution in [1.29, 1.82) is 0 Å². The van der Waals surface area contributed by atoms with Crippen molar-refractivity contribution in [3.05, 3.63) is 54.9 Å². The number of carbonyl (C=O) groups excluding carboxylic acids is 1. The minimum absolute atomic E-state index is 0.0368. The van der Waals surface area contributed by atoms with E-state index in [1.54, 1.807) is 13.2 Å². The first-order chi connectivity index (χ1) is 15.4. The summed E-state index contributed by atoms with van der Waals surface area (Å²) in [7, 11) is 3.49. The van der Waals surface area contributed by atoms with Crippen LogP contribution in [0.5, 0.6) is 11.5 Å². The molecule has 10 heteroatoms. The van der Waals surface area contributed by atoms with E-state index in [-0.39, 0.29) is 12.1 Å². The largest absolute Gasteiger partial charge is 0.496 e. The lowest BCUT2D eigenvalue weighted by Gasteiger charge is -2.13. The molecule has 174 valence electrons. The second-order valence-electron chi connectivity index (χ2n) is 6.89. The molecular weight excluding hydrogens is 610 g/mol. The molecule has 0 saturated heterocycles. The van der Waals surface area contributed by atoms with E-state index in [1.165, 1.54) is 0 Å². The summed E-state index contributed by atoms with van der Waals surface area (Å²) in [5.41, 5.74) is 1.88. The number of halogens is 3. The summed E-state index contributed by atoms with van der Waals surface area (Å²) in [6.45, 7) is 1.90. The van der Waals surface area contributed by atoms with Crippen LogP contribution in [0, 0.1) is 0 Å². The van der Waals surface area contributed by atoms with Gasteiger partial charge in [0.25, 0.3) is 5.91 Å². The molecule has 0 unspecified atom stereocenters. The molecule has 2 aromatic carbocycles. The van der Waals surface area contributed by atoms with E-state index < -0.39 is 5.91 Å². The highest BCUT2D eigenvalue weighted by atomic mass is 79.9. The summed E-state index contributed by atoms with van der Waals surface area (Å²) >= 11 is 10.5. The van der Waals surface area contributed by atoms with E-state index in [1.807, 2.05) is 31.3 Å². The maximum Gasteiger partial charge on any atom is 0.269 e. The number of amides is 1. The van der Waals surface area contributed by atoms with Crippen LogP contribution in [0.4, 0.5) is 0 Å². The first-order valence-electron chi connectivity index (χ1n) is 9.96. The van der Waals surface area contributed by atoms with Crippen LogP contribution < -0.4 is 20.1 Å².